The van der Waals surface area contributed by atoms with E-state index in [4.69, 9.17) is 11.6 Å². The number of esters is 1. The first kappa shape index (κ1) is 9.59. The van der Waals surface area contributed by atoms with Gasteiger partial charge in [0.2, 0.25) is 0 Å². The zero-order valence-electron chi connectivity index (χ0n) is 7.61. The lowest BCUT2D eigenvalue weighted by Crippen LogP contribution is -2.01. The fourth-order valence-corrected chi connectivity index (χ4v) is 1.61. The molecule has 1 rings (SSSR count). The minimum absolute atomic E-state index is 0.158. The number of methoxy groups -OCH3 is 1. The van der Waals surface area contributed by atoms with Gasteiger partial charge >= 0.3 is 5.97 Å². The van der Waals surface area contributed by atoms with E-state index in [2.05, 4.69) is 18.6 Å². The average Bonchev–Trinajstić information content (AvgIpc) is 2.76. The van der Waals surface area contributed by atoms with Crippen molar-refractivity contribution in [1.82, 2.24) is 0 Å². The SMILES string of the molecule is CCC1(C)CC1=C(Cl)C(=O)OC. The number of hydrogen-bond acceptors (Lipinski definition) is 2. The highest BCUT2D eigenvalue weighted by atomic mass is 35.5. The van der Waals surface area contributed by atoms with Crippen LogP contribution >= 0.6 is 11.6 Å². The molecule has 1 aliphatic carbocycles. The Morgan fingerprint density at radius 1 is 1.75 bits per heavy atom. The lowest BCUT2D eigenvalue weighted by molar-refractivity contribution is -0.135. The first-order valence-electron chi connectivity index (χ1n) is 4.02. The van der Waals surface area contributed by atoms with Crippen LogP contribution in [0.5, 0.6) is 0 Å². The average molecular weight is 189 g/mol. The van der Waals surface area contributed by atoms with Crippen molar-refractivity contribution >= 4 is 17.6 Å². The molecule has 3 heteroatoms. The molecule has 0 heterocycles. The third-order valence-electron chi connectivity index (χ3n) is 2.58. The highest BCUT2D eigenvalue weighted by molar-refractivity contribution is 6.42. The number of carbonyl (C=O) groups is 1. The van der Waals surface area contributed by atoms with Crippen LogP contribution in [0.2, 0.25) is 0 Å². The molecule has 1 unspecified atom stereocenters. The molecule has 1 fully saturated rings. The Bertz CT molecular complexity index is 245. The van der Waals surface area contributed by atoms with Gasteiger partial charge in [-0.05, 0) is 23.8 Å². The van der Waals surface area contributed by atoms with Crippen LogP contribution in [0.25, 0.3) is 0 Å². The van der Waals surface area contributed by atoms with Crippen molar-refractivity contribution in [3.05, 3.63) is 10.6 Å². The van der Waals surface area contributed by atoms with E-state index in [9.17, 15) is 4.79 Å². The van der Waals surface area contributed by atoms with Crippen molar-refractivity contribution in [2.45, 2.75) is 26.7 Å². The summed E-state index contributed by atoms with van der Waals surface area (Å²) >= 11 is 5.80. The fourth-order valence-electron chi connectivity index (χ4n) is 1.24. The third kappa shape index (κ3) is 1.48. The Morgan fingerprint density at radius 2 is 2.33 bits per heavy atom. The first-order valence-corrected chi connectivity index (χ1v) is 4.40. The van der Waals surface area contributed by atoms with Gasteiger partial charge < -0.3 is 4.74 Å². The van der Waals surface area contributed by atoms with Crippen molar-refractivity contribution in [3.8, 4) is 0 Å². The van der Waals surface area contributed by atoms with Crippen molar-refractivity contribution < 1.29 is 9.53 Å². The van der Waals surface area contributed by atoms with Crippen LogP contribution in [-0.2, 0) is 9.53 Å². The molecule has 0 saturated heterocycles. The molecule has 0 N–H and O–H groups in total. The van der Waals surface area contributed by atoms with Gasteiger partial charge in [0.15, 0.2) is 0 Å². The van der Waals surface area contributed by atoms with Gasteiger partial charge in [0.05, 0.1) is 7.11 Å². The first-order chi connectivity index (χ1) is 5.55. The Labute approximate surface area is 77.5 Å². The Balaban J connectivity index is 2.77. The van der Waals surface area contributed by atoms with Crippen LogP contribution in [0.4, 0.5) is 0 Å². The molecule has 0 amide bonds. The number of carbonyl (C=O) groups excluding carboxylic acids is 1. The Hall–Kier alpha value is -0.500. The predicted octanol–water partition coefficient (Wildman–Crippen LogP) is 2.47. The minimum Gasteiger partial charge on any atom is -0.465 e. The summed E-state index contributed by atoms with van der Waals surface area (Å²) < 4.78 is 4.52. The molecule has 1 aliphatic rings. The molecule has 0 aromatic rings. The highest BCUT2D eigenvalue weighted by Gasteiger charge is 2.45. The fraction of sp³-hybridized carbons (Fsp3) is 0.667. The maximum atomic E-state index is 11.0. The van der Waals surface area contributed by atoms with Crippen molar-refractivity contribution in [2.24, 2.45) is 5.41 Å². The zero-order valence-corrected chi connectivity index (χ0v) is 8.36. The molecule has 1 saturated carbocycles. The third-order valence-corrected chi connectivity index (χ3v) is 2.96. The molecule has 0 aromatic carbocycles. The molecule has 12 heavy (non-hydrogen) atoms. The van der Waals surface area contributed by atoms with E-state index in [1.165, 1.54) is 7.11 Å². The standard InChI is InChI=1S/C9H13ClO2/c1-4-9(2)5-6(9)7(10)8(11)12-3/h4-5H2,1-3H3. The molecule has 0 spiro atoms. The summed E-state index contributed by atoms with van der Waals surface area (Å²) in [5.41, 5.74) is 1.20. The van der Waals surface area contributed by atoms with Crippen LogP contribution in [-0.4, -0.2) is 13.1 Å². The highest BCUT2D eigenvalue weighted by Crippen LogP contribution is 2.56. The molecule has 0 aromatic heterocycles. The molecule has 1 atom stereocenters. The van der Waals surface area contributed by atoms with E-state index in [1.54, 1.807) is 0 Å². The summed E-state index contributed by atoms with van der Waals surface area (Å²) in [5, 5.41) is 0.279. The van der Waals surface area contributed by atoms with Crippen molar-refractivity contribution in [3.63, 3.8) is 0 Å². The lowest BCUT2D eigenvalue weighted by Gasteiger charge is -2.01. The molecule has 0 bridgehead atoms. The summed E-state index contributed by atoms with van der Waals surface area (Å²) in [6.45, 7) is 4.20. The van der Waals surface area contributed by atoms with Crippen LogP contribution in [0.3, 0.4) is 0 Å². The van der Waals surface area contributed by atoms with Crippen LogP contribution in [0.15, 0.2) is 10.6 Å². The van der Waals surface area contributed by atoms with E-state index >= 15 is 0 Å². The summed E-state index contributed by atoms with van der Waals surface area (Å²) in [6, 6.07) is 0. The van der Waals surface area contributed by atoms with E-state index in [1.807, 2.05) is 0 Å². The van der Waals surface area contributed by atoms with Gasteiger partial charge in [-0.2, -0.15) is 0 Å². The van der Waals surface area contributed by atoms with Crippen LogP contribution in [0.1, 0.15) is 26.7 Å². The second-order valence-electron chi connectivity index (χ2n) is 3.38. The smallest absolute Gasteiger partial charge is 0.349 e. The lowest BCUT2D eigenvalue weighted by atomic mass is 10.1. The minimum atomic E-state index is -0.413. The predicted molar refractivity (Wildman–Crippen MR) is 47.9 cm³/mol. The van der Waals surface area contributed by atoms with Gasteiger partial charge in [0, 0.05) is 0 Å². The zero-order chi connectivity index (χ0) is 9.35. The van der Waals surface area contributed by atoms with Crippen LogP contribution in [0, 0.1) is 5.41 Å². The second kappa shape index (κ2) is 3.09. The largest absolute Gasteiger partial charge is 0.465 e. The molecule has 2 nitrogen and oxygen atoms in total. The van der Waals surface area contributed by atoms with E-state index in [0.717, 1.165) is 18.4 Å². The van der Waals surface area contributed by atoms with Crippen molar-refractivity contribution in [2.75, 3.05) is 7.11 Å². The summed E-state index contributed by atoms with van der Waals surface area (Å²) in [4.78, 5) is 11.0. The molecular weight excluding hydrogens is 176 g/mol. The number of ether oxygens (including phenoxy) is 1. The topological polar surface area (TPSA) is 26.3 Å². The van der Waals surface area contributed by atoms with E-state index in [0.29, 0.717) is 0 Å². The van der Waals surface area contributed by atoms with Gasteiger partial charge in [-0.1, -0.05) is 25.4 Å². The van der Waals surface area contributed by atoms with Gasteiger partial charge in [0.1, 0.15) is 5.03 Å². The van der Waals surface area contributed by atoms with Gasteiger partial charge in [-0.15, -0.1) is 0 Å². The van der Waals surface area contributed by atoms with Gasteiger partial charge in [-0.25, -0.2) is 4.79 Å². The number of hydrogen-bond donors (Lipinski definition) is 0. The maximum Gasteiger partial charge on any atom is 0.349 e. The molecule has 0 radical (unpaired) electrons. The summed E-state index contributed by atoms with van der Waals surface area (Å²) in [7, 11) is 1.34. The summed E-state index contributed by atoms with van der Waals surface area (Å²) in [5.74, 6) is -0.413. The molecule has 68 valence electrons. The Morgan fingerprint density at radius 3 is 2.67 bits per heavy atom. The van der Waals surface area contributed by atoms with Crippen molar-refractivity contribution in [1.29, 1.82) is 0 Å². The second-order valence-corrected chi connectivity index (χ2v) is 3.75. The van der Waals surface area contributed by atoms with E-state index in [-0.39, 0.29) is 10.4 Å². The Kier molecular flexibility index (Phi) is 2.47. The van der Waals surface area contributed by atoms with E-state index < -0.39 is 5.97 Å². The number of rotatable bonds is 2. The molecular formula is C9H13ClO2. The van der Waals surface area contributed by atoms with Crippen LogP contribution < -0.4 is 0 Å². The molecule has 0 aliphatic heterocycles. The normalized spacial score (nSPS) is 31.3. The number of allylic oxidation sites excluding steroid dienone is 1. The maximum absolute atomic E-state index is 11.0. The van der Waals surface area contributed by atoms with Gasteiger partial charge in [0.25, 0.3) is 0 Å². The number of halogens is 1. The monoisotopic (exact) mass is 188 g/mol. The summed E-state index contributed by atoms with van der Waals surface area (Å²) in [6.07, 6.45) is 1.95. The quantitative estimate of drug-likeness (QED) is 0.492. The van der Waals surface area contributed by atoms with Gasteiger partial charge in [-0.3, -0.25) is 0 Å².